The van der Waals surface area contributed by atoms with E-state index < -0.39 is 0 Å². The van der Waals surface area contributed by atoms with Crippen molar-refractivity contribution in [2.24, 2.45) is 0 Å². The van der Waals surface area contributed by atoms with Crippen LogP contribution in [0.25, 0.3) is 0 Å². The van der Waals surface area contributed by atoms with E-state index in [1.807, 2.05) is 6.07 Å². The first kappa shape index (κ1) is 7.74. The molecule has 3 rings (SSSR count). The fourth-order valence-electron chi connectivity index (χ4n) is 2.60. The van der Waals surface area contributed by atoms with Crippen molar-refractivity contribution in [1.82, 2.24) is 0 Å². The third-order valence-corrected chi connectivity index (χ3v) is 3.17. The molecule has 3 heteroatoms. The van der Waals surface area contributed by atoms with Crippen molar-refractivity contribution in [2.45, 2.75) is 18.3 Å². The van der Waals surface area contributed by atoms with Crippen molar-refractivity contribution in [1.29, 1.82) is 0 Å². The molecule has 2 aliphatic rings. The molecule has 2 bridgehead atoms. The monoisotopic (exact) mass is 187 g/mol. The molecule has 3 nitrogen and oxygen atoms in total. The van der Waals surface area contributed by atoms with Crippen LogP contribution in [0.1, 0.15) is 29.4 Å². The highest BCUT2D eigenvalue weighted by atomic mass is 16.6. The molecule has 2 unspecified atom stereocenters. The van der Waals surface area contributed by atoms with Crippen LogP contribution in [0.15, 0.2) is 30.4 Å². The van der Waals surface area contributed by atoms with E-state index in [1.165, 1.54) is 0 Å². The van der Waals surface area contributed by atoms with Gasteiger partial charge in [0, 0.05) is 23.5 Å². The van der Waals surface area contributed by atoms with E-state index in [4.69, 9.17) is 0 Å². The predicted molar refractivity (Wildman–Crippen MR) is 52.3 cm³/mol. The Labute approximate surface area is 81.2 Å². The molecule has 0 amide bonds. The number of hydrogen-bond acceptors (Lipinski definition) is 2. The maximum atomic E-state index is 10.8. The lowest BCUT2D eigenvalue weighted by molar-refractivity contribution is -0.385. The summed E-state index contributed by atoms with van der Waals surface area (Å²) in [6.07, 6.45) is 5.29. The zero-order valence-electron chi connectivity index (χ0n) is 7.51. The number of rotatable bonds is 1. The second kappa shape index (κ2) is 2.44. The molecule has 0 aromatic heterocycles. The Morgan fingerprint density at radius 3 is 2.86 bits per heavy atom. The lowest BCUT2D eigenvalue weighted by Crippen LogP contribution is -1.99. The molecule has 0 N–H and O–H groups in total. The third-order valence-electron chi connectivity index (χ3n) is 3.17. The largest absolute Gasteiger partial charge is 0.273 e. The molecular weight excluding hydrogens is 178 g/mol. The summed E-state index contributed by atoms with van der Waals surface area (Å²) in [5.74, 6) is 0.714. The van der Waals surface area contributed by atoms with Crippen LogP contribution in [0.5, 0.6) is 0 Å². The Bertz CT molecular complexity index is 451. The highest BCUT2D eigenvalue weighted by Gasteiger charge is 2.37. The van der Waals surface area contributed by atoms with Crippen LogP contribution in [0.4, 0.5) is 5.69 Å². The molecule has 0 aliphatic heterocycles. The number of nitro benzene ring substituents is 1. The molecule has 0 heterocycles. The summed E-state index contributed by atoms with van der Waals surface area (Å²) >= 11 is 0. The zero-order chi connectivity index (χ0) is 9.71. The number of nitrogens with zero attached hydrogens (tertiary/aromatic N) is 1. The van der Waals surface area contributed by atoms with E-state index in [0.29, 0.717) is 11.6 Å². The summed E-state index contributed by atoms with van der Waals surface area (Å²) in [4.78, 5) is 10.5. The molecule has 1 aromatic rings. The van der Waals surface area contributed by atoms with Gasteiger partial charge in [0.25, 0.3) is 5.69 Å². The molecule has 2 aliphatic carbocycles. The second-order valence-electron chi connectivity index (χ2n) is 3.87. The lowest BCUT2D eigenvalue weighted by Gasteiger charge is -2.09. The number of benzene rings is 1. The number of hydrogen-bond donors (Lipinski definition) is 0. The molecule has 0 saturated heterocycles. The first-order chi connectivity index (χ1) is 6.77. The van der Waals surface area contributed by atoms with Crippen LogP contribution in [0, 0.1) is 10.1 Å². The number of fused-ring (bicyclic) bond motifs is 5. The van der Waals surface area contributed by atoms with Gasteiger partial charge in [-0.1, -0.05) is 24.3 Å². The van der Waals surface area contributed by atoms with Gasteiger partial charge in [0.2, 0.25) is 0 Å². The van der Waals surface area contributed by atoms with Crippen LogP contribution in [0.3, 0.4) is 0 Å². The van der Waals surface area contributed by atoms with Crippen LogP contribution >= 0.6 is 0 Å². The van der Waals surface area contributed by atoms with Crippen molar-refractivity contribution in [2.75, 3.05) is 0 Å². The highest BCUT2D eigenvalue weighted by molar-refractivity contribution is 5.57. The van der Waals surface area contributed by atoms with Gasteiger partial charge in [0.1, 0.15) is 0 Å². The maximum Gasteiger partial charge on any atom is 0.273 e. The third kappa shape index (κ3) is 0.816. The second-order valence-corrected chi connectivity index (χ2v) is 3.87. The Morgan fingerprint density at radius 2 is 2.07 bits per heavy atom. The van der Waals surface area contributed by atoms with E-state index in [0.717, 1.165) is 17.5 Å². The first-order valence-electron chi connectivity index (χ1n) is 4.73. The fraction of sp³-hybridized carbons (Fsp3) is 0.273. The fourth-order valence-corrected chi connectivity index (χ4v) is 2.60. The minimum absolute atomic E-state index is 0.270. The molecule has 0 fully saturated rings. The summed E-state index contributed by atoms with van der Waals surface area (Å²) < 4.78 is 0. The standard InChI is InChI=1S/C11H9NO2/c13-12(14)10-3-1-2-9-7-4-5-8(6-7)11(9)10/h1-5,7-8H,6H2. The molecule has 2 atom stereocenters. The van der Waals surface area contributed by atoms with E-state index in [9.17, 15) is 10.1 Å². The Hall–Kier alpha value is -1.64. The van der Waals surface area contributed by atoms with Gasteiger partial charge in [-0.3, -0.25) is 10.1 Å². The van der Waals surface area contributed by atoms with E-state index in [1.54, 1.807) is 12.1 Å². The molecule has 14 heavy (non-hydrogen) atoms. The summed E-state index contributed by atoms with van der Waals surface area (Å²) in [6, 6.07) is 5.40. The van der Waals surface area contributed by atoms with Crippen molar-refractivity contribution in [3.8, 4) is 0 Å². The van der Waals surface area contributed by atoms with E-state index >= 15 is 0 Å². The van der Waals surface area contributed by atoms with Crippen molar-refractivity contribution in [3.05, 3.63) is 51.6 Å². The number of nitro groups is 1. The molecule has 1 aromatic carbocycles. The maximum absolute atomic E-state index is 10.8. The summed E-state index contributed by atoms with van der Waals surface area (Å²) in [5, 5.41) is 10.8. The number of allylic oxidation sites excluding steroid dienone is 2. The van der Waals surface area contributed by atoms with Gasteiger partial charge in [-0.05, 0) is 12.0 Å². The van der Waals surface area contributed by atoms with Crippen LogP contribution in [-0.2, 0) is 0 Å². The van der Waals surface area contributed by atoms with Crippen LogP contribution in [-0.4, -0.2) is 4.92 Å². The molecule has 0 saturated carbocycles. The summed E-state index contributed by atoms with van der Waals surface area (Å²) in [6.45, 7) is 0. The van der Waals surface area contributed by atoms with Crippen LogP contribution in [0.2, 0.25) is 0 Å². The minimum atomic E-state index is -0.270. The minimum Gasteiger partial charge on any atom is -0.258 e. The van der Waals surface area contributed by atoms with Gasteiger partial charge < -0.3 is 0 Å². The molecule has 0 radical (unpaired) electrons. The van der Waals surface area contributed by atoms with Gasteiger partial charge >= 0.3 is 0 Å². The summed E-state index contributed by atoms with van der Waals surface area (Å²) in [5.41, 5.74) is 2.40. The highest BCUT2D eigenvalue weighted by Crippen LogP contribution is 2.51. The summed E-state index contributed by atoms with van der Waals surface area (Å²) in [7, 11) is 0. The Kier molecular flexibility index (Phi) is 1.35. The predicted octanol–water partition coefficient (Wildman–Crippen LogP) is 2.74. The van der Waals surface area contributed by atoms with E-state index in [-0.39, 0.29) is 10.8 Å². The van der Waals surface area contributed by atoms with Gasteiger partial charge in [-0.2, -0.15) is 0 Å². The Balaban J connectivity index is 2.25. The van der Waals surface area contributed by atoms with Crippen molar-refractivity contribution >= 4 is 5.69 Å². The van der Waals surface area contributed by atoms with Gasteiger partial charge in [-0.25, -0.2) is 0 Å². The van der Waals surface area contributed by atoms with Gasteiger partial charge in [0.15, 0.2) is 0 Å². The quantitative estimate of drug-likeness (QED) is 0.385. The first-order valence-corrected chi connectivity index (χ1v) is 4.73. The average Bonchev–Trinajstić information content (AvgIpc) is 2.77. The molecular formula is C11H9NO2. The molecule has 0 spiro atoms. The normalized spacial score (nSPS) is 26.6. The van der Waals surface area contributed by atoms with Gasteiger partial charge in [-0.15, -0.1) is 0 Å². The van der Waals surface area contributed by atoms with Gasteiger partial charge in [0.05, 0.1) is 4.92 Å². The zero-order valence-corrected chi connectivity index (χ0v) is 7.51. The molecule has 70 valence electrons. The van der Waals surface area contributed by atoms with Crippen molar-refractivity contribution < 1.29 is 4.92 Å². The average molecular weight is 187 g/mol. The Morgan fingerprint density at radius 1 is 1.29 bits per heavy atom. The smallest absolute Gasteiger partial charge is 0.258 e. The lowest BCUT2D eigenvalue weighted by atomic mass is 9.95. The van der Waals surface area contributed by atoms with E-state index in [2.05, 4.69) is 12.2 Å². The topological polar surface area (TPSA) is 43.1 Å². The SMILES string of the molecule is O=[N+]([O-])c1cccc2c1C1C=CC2C1. The van der Waals surface area contributed by atoms with Crippen LogP contribution < -0.4 is 0 Å². The van der Waals surface area contributed by atoms with Crippen molar-refractivity contribution in [3.63, 3.8) is 0 Å².